The third-order valence-electron chi connectivity index (χ3n) is 4.22. The van der Waals surface area contributed by atoms with Gasteiger partial charge in [0, 0.05) is 17.4 Å². The van der Waals surface area contributed by atoms with Crippen LogP contribution in [0.5, 0.6) is 0 Å². The fourth-order valence-corrected chi connectivity index (χ4v) is 3.09. The third-order valence-corrected chi connectivity index (χ3v) is 4.74. The number of nitrogens with zero attached hydrogens (tertiary/aromatic N) is 1. The Balaban J connectivity index is 1.72. The van der Waals surface area contributed by atoms with E-state index in [1.807, 2.05) is 31.2 Å². The maximum Gasteiger partial charge on any atom is 0.328 e. The number of hydrogen-bond donors (Lipinski definition) is 2. The summed E-state index contributed by atoms with van der Waals surface area (Å²) in [6, 6.07) is 14.4. The standard InChI is InChI=1S/C19H18BrN3O3/c1-12(13-6-8-14(20)9-7-13)21-17(24)10-11-23-16-5-3-2-4-15(16)18(25)22-19(23)26/h2-9,12H,10-11H2,1H3,(H,21,24)(H,22,25,26). The molecule has 7 heteroatoms. The molecule has 0 radical (unpaired) electrons. The summed E-state index contributed by atoms with van der Waals surface area (Å²) in [5.41, 5.74) is 0.584. The van der Waals surface area contributed by atoms with E-state index in [2.05, 4.69) is 26.2 Å². The molecule has 0 aliphatic heterocycles. The van der Waals surface area contributed by atoms with Gasteiger partial charge in [0.1, 0.15) is 0 Å². The molecule has 0 aliphatic rings. The second-order valence-electron chi connectivity index (χ2n) is 6.02. The molecule has 26 heavy (non-hydrogen) atoms. The van der Waals surface area contributed by atoms with Crippen LogP contribution < -0.4 is 16.6 Å². The highest BCUT2D eigenvalue weighted by atomic mass is 79.9. The molecule has 0 aliphatic carbocycles. The zero-order chi connectivity index (χ0) is 18.7. The summed E-state index contributed by atoms with van der Waals surface area (Å²) in [6.45, 7) is 2.09. The number of benzene rings is 2. The monoisotopic (exact) mass is 415 g/mol. The lowest BCUT2D eigenvalue weighted by Crippen LogP contribution is -2.33. The Morgan fingerprint density at radius 1 is 1.15 bits per heavy atom. The van der Waals surface area contributed by atoms with Crippen molar-refractivity contribution in [3.8, 4) is 0 Å². The maximum atomic E-state index is 12.3. The number of nitrogens with one attached hydrogen (secondary N) is 2. The number of carbonyl (C=O) groups is 1. The smallest absolute Gasteiger partial charge is 0.328 e. The van der Waals surface area contributed by atoms with Crippen LogP contribution in [0.25, 0.3) is 10.9 Å². The van der Waals surface area contributed by atoms with Crippen LogP contribution in [0.4, 0.5) is 0 Å². The number of hydrogen-bond acceptors (Lipinski definition) is 3. The Bertz CT molecular complexity index is 1050. The van der Waals surface area contributed by atoms with Crippen LogP contribution in [-0.4, -0.2) is 15.5 Å². The molecule has 1 heterocycles. The fourth-order valence-electron chi connectivity index (χ4n) is 2.83. The van der Waals surface area contributed by atoms with E-state index in [-0.39, 0.29) is 24.9 Å². The number of aromatic nitrogens is 2. The number of amides is 1. The largest absolute Gasteiger partial charge is 0.350 e. The van der Waals surface area contributed by atoms with Crippen molar-refractivity contribution in [1.29, 1.82) is 0 Å². The zero-order valence-corrected chi connectivity index (χ0v) is 15.7. The minimum Gasteiger partial charge on any atom is -0.350 e. The number of carbonyl (C=O) groups excluding carboxylic acids is 1. The van der Waals surface area contributed by atoms with E-state index >= 15 is 0 Å². The number of rotatable bonds is 5. The number of aromatic amines is 1. The molecule has 1 atom stereocenters. The normalized spacial score (nSPS) is 12.1. The second kappa shape index (κ2) is 7.70. The van der Waals surface area contributed by atoms with Crippen molar-refractivity contribution >= 4 is 32.7 Å². The van der Waals surface area contributed by atoms with Gasteiger partial charge in [-0.05, 0) is 36.8 Å². The topological polar surface area (TPSA) is 84.0 Å². The highest BCUT2D eigenvalue weighted by Crippen LogP contribution is 2.16. The number of halogens is 1. The van der Waals surface area contributed by atoms with Gasteiger partial charge < -0.3 is 5.32 Å². The quantitative estimate of drug-likeness (QED) is 0.671. The summed E-state index contributed by atoms with van der Waals surface area (Å²) in [4.78, 5) is 38.5. The van der Waals surface area contributed by atoms with Crippen LogP contribution in [0, 0.1) is 0 Å². The molecule has 3 aromatic rings. The number of para-hydroxylation sites is 1. The Hall–Kier alpha value is -2.67. The highest BCUT2D eigenvalue weighted by Gasteiger charge is 2.12. The predicted octanol–water partition coefficient (Wildman–Crippen LogP) is 2.72. The maximum absolute atomic E-state index is 12.3. The Morgan fingerprint density at radius 2 is 1.85 bits per heavy atom. The molecule has 3 rings (SSSR count). The van der Waals surface area contributed by atoms with Crippen molar-refractivity contribution in [2.75, 3.05) is 0 Å². The number of H-pyrrole nitrogens is 1. The van der Waals surface area contributed by atoms with Gasteiger partial charge in [-0.2, -0.15) is 0 Å². The summed E-state index contributed by atoms with van der Waals surface area (Å²) in [5, 5.41) is 3.35. The van der Waals surface area contributed by atoms with Crippen LogP contribution in [-0.2, 0) is 11.3 Å². The fraction of sp³-hybridized carbons (Fsp3) is 0.211. The minimum absolute atomic E-state index is 0.136. The van der Waals surface area contributed by atoms with Gasteiger partial charge in [-0.1, -0.05) is 40.2 Å². The van der Waals surface area contributed by atoms with E-state index in [4.69, 9.17) is 0 Å². The van der Waals surface area contributed by atoms with Gasteiger partial charge in [0.25, 0.3) is 5.56 Å². The molecule has 0 bridgehead atoms. The average molecular weight is 416 g/mol. The lowest BCUT2D eigenvalue weighted by molar-refractivity contribution is -0.121. The third kappa shape index (κ3) is 3.94. The van der Waals surface area contributed by atoms with Gasteiger partial charge >= 0.3 is 5.69 Å². The van der Waals surface area contributed by atoms with Gasteiger partial charge in [-0.25, -0.2) is 4.79 Å². The van der Waals surface area contributed by atoms with E-state index < -0.39 is 11.2 Å². The molecule has 6 nitrogen and oxygen atoms in total. The number of fused-ring (bicyclic) bond motifs is 1. The molecule has 0 saturated heterocycles. The SMILES string of the molecule is CC(NC(=O)CCn1c(=O)[nH]c(=O)c2ccccc21)c1ccc(Br)cc1. The minimum atomic E-state index is -0.512. The second-order valence-corrected chi connectivity index (χ2v) is 6.93. The van der Waals surface area contributed by atoms with Crippen molar-refractivity contribution in [1.82, 2.24) is 14.9 Å². The van der Waals surface area contributed by atoms with Crippen molar-refractivity contribution in [3.63, 3.8) is 0 Å². The first kappa shape index (κ1) is 18.1. The number of aryl methyl sites for hydroxylation is 1. The summed E-state index contributed by atoms with van der Waals surface area (Å²) in [5.74, 6) is -0.164. The van der Waals surface area contributed by atoms with E-state index in [1.165, 1.54) is 4.57 Å². The summed E-state index contributed by atoms with van der Waals surface area (Å²) >= 11 is 3.38. The summed E-state index contributed by atoms with van der Waals surface area (Å²) < 4.78 is 2.39. The van der Waals surface area contributed by atoms with Gasteiger partial charge in [0.05, 0.1) is 16.9 Å². The average Bonchev–Trinajstić information content (AvgIpc) is 2.62. The molecule has 134 valence electrons. The first-order valence-corrected chi connectivity index (χ1v) is 9.01. The van der Waals surface area contributed by atoms with Gasteiger partial charge in [0.15, 0.2) is 0 Å². The Labute approximate surface area is 158 Å². The molecule has 1 aromatic heterocycles. The molecular formula is C19H18BrN3O3. The lowest BCUT2D eigenvalue weighted by Gasteiger charge is -2.15. The first-order valence-electron chi connectivity index (χ1n) is 8.22. The van der Waals surface area contributed by atoms with Crippen LogP contribution in [0.2, 0.25) is 0 Å². The molecule has 1 amide bonds. The van der Waals surface area contributed by atoms with E-state index in [0.717, 1.165) is 10.0 Å². The summed E-state index contributed by atoms with van der Waals surface area (Å²) in [7, 11) is 0. The van der Waals surface area contributed by atoms with Crippen LogP contribution in [0.15, 0.2) is 62.6 Å². The Kier molecular flexibility index (Phi) is 5.37. The summed E-state index contributed by atoms with van der Waals surface area (Å²) in [6.07, 6.45) is 0.136. The highest BCUT2D eigenvalue weighted by molar-refractivity contribution is 9.10. The van der Waals surface area contributed by atoms with Gasteiger partial charge in [-0.15, -0.1) is 0 Å². The molecule has 2 N–H and O–H groups in total. The molecular weight excluding hydrogens is 398 g/mol. The van der Waals surface area contributed by atoms with Crippen LogP contribution in [0.3, 0.4) is 0 Å². The van der Waals surface area contributed by atoms with E-state index in [1.54, 1.807) is 24.3 Å². The van der Waals surface area contributed by atoms with Crippen molar-refractivity contribution in [2.24, 2.45) is 0 Å². The molecule has 0 spiro atoms. The zero-order valence-electron chi connectivity index (χ0n) is 14.2. The molecule has 2 aromatic carbocycles. The van der Waals surface area contributed by atoms with Crippen LogP contribution in [0.1, 0.15) is 24.9 Å². The van der Waals surface area contributed by atoms with Crippen molar-refractivity contribution in [2.45, 2.75) is 25.9 Å². The molecule has 1 unspecified atom stereocenters. The van der Waals surface area contributed by atoms with Crippen LogP contribution >= 0.6 is 15.9 Å². The van der Waals surface area contributed by atoms with Crippen molar-refractivity contribution in [3.05, 3.63) is 79.4 Å². The lowest BCUT2D eigenvalue weighted by atomic mass is 10.1. The molecule has 0 saturated carbocycles. The van der Waals surface area contributed by atoms with E-state index in [0.29, 0.717) is 10.9 Å². The van der Waals surface area contributed by atoms with Gasteiger partial charge in [-0.3, -0.25) is 19.1 Å². The Morgan fingerprint density at radius 3 is 2.58 bits per heavy atom. The first-order chi connectivity index (χ1) is 12.5. The molecule has 0 fully saturated rings. The van der Waals surface area contributed by atoms with Crippen molar-refractivity contribution < 1.29 is 4.79 Å². The van der Waals surface area contributed by atoms with Gasteiger partial charge in [0.2, 0.25) is 5.91 Å². The van der Waals surface area contributed by atoms with E-state index in [9.17, 15) is 14.4 Å². The predicted molar refractivity (Wildman–Crippen MR) is 104 cm³/mol.